The average molecular weight is 578 g/mol. The molecule has 3 heterocycles. The second-order valence-electron chi connectivity index (χ2n) is 11.1. The van der Waals surface area contributed by atoms with Gasteiger partial charge in [0.25, 0.3) is 0 Å². The first kappa shape index (κ1) is 30.8. The fourth-order valence-electron chi connectivity index (χ4n) is 5.56. The molecule has 2 aliphatic heterocycles. The molecule has 2 aromatic carbocycles. The number of aromatic nitrogens is 3. The van der Waals surface area contributed by atoms with E-state index in [0.717, 1.165) is 76.5 Å². The van der Waals surface area contributed by atoms with Crippen molar-refractivity contribution in [1.29, 1.82) is 0 Å². The summed E-state index contributed by atoms with van der Waals surface area (Å²) < 4.78 is 25.7. The molecule has 42 heavy (non-hydrogen) atoms. The predicted molar refractivity (Wildman–Crippen MR) is 162 cm³/mol. The minimum Gasteiger partial charge on any atom is -0.379 e. The van der Waals surface area contributed by atoms with Crippen LogP contribution in [0, 0.1) is 0 Å². The van der Waals surface area contributed by atoms with Gasteiger partial charge in [0.15, 0.2) is 12.1 Å². The van der Waals surface area contributed by atoms with Crippen LogP contribution in [0.15, 0.2) is 60.7 Å². The quantitative estimate of drug-likeness (QED) is 0.427. The highest BCUT2D eigenvalue weighted by Crippen LogP contribution is 2.24. The van der Waals surface area contributed by atoms with E-state index in [-0.39, 0.29) is 6.23 Å². The smallest absolute Gasteiger partial charge is 0.165 e. The molecule has 1 fully saturated rings. The minimum absolute atomic E-state index is 0.0607. The summed E-state index contributed by atoms with van der Waals surface area (Å²) in [4.78, 5) is 10.1. The maximum Gasteiger partial charge on any atom is 0.165 e. The molecule has 2 aliphatic rings. The predicted octanol–water partition coefficient (Wildman–Crippen LogP) is 4.83. The van der Waals surface area contributed by atoms with E-state index in [2.05, 4.69) is 75.1 Å². The van der Waals surface area contributed by atoms with E-state index in [1.54, 1.807) is 0 Å². The molecule has 2 bridgehead atoms. The fourth-order valence-corrected chi connectivity index (χ4v) is 5.56. The Hall–Kier alpha value is -2.66. The van der Waals surface area contributed by atoms with Gasteiger partial charge >= 0.3 is 0 Å². The lowest BCUT2D eigenvalue weighted by atomic mass is 10.2. The zero-order chi connectivity index (χ0) is 28.7. The van der Waals surface area contributed by atoms with Crippen molar-refractivity contribution in [3.8, 4) is 0 Å². The van der Waals surface area contributed by atoms with Crippen molar-refractivity contribution in [1.82, 2.24) is 24.6 Å². The molecule has 0 amide bonds. The van der Waals surface area contributed by atoms with Crippen molar-refractivity contribution in [2.24, 2.45) is 0 Å². The minimum atomic E-state index is -0.0607. The van der Waals surface area contributed by atoms with Crippen molar-refractivity contribution in [3.63, 3.8) is 0 Å². The SMILES string of the molecule is c1ccc(CN2CCCOCCOCCOCCCN(Cc3ccccc3)Cc3nc(nn3C3CCCCO3)C2)cc1. The number of nitrogens with zero attached hydrogens (tertiary/aromatic N) is 5. The Morgan fingerprint density at radius 1 is 0.619 bits per heavy atom. The molecular weight excluding hydrogens is 530 g/mol. The van der Waals surface area contributed by atoms with Gasteiger partial charge in [0, 0.05) is 46.0 Å². The number of benzene rings is 2. The first-order chi connectivity index (χ1) is 20.8. The molecule has 5 rings (SSSR count). The lowest BCUT2D eigenvalue weighted by molar-refractivity contribution is -0.0428. The van der Waals surface area contributed by atoms with Crippen LogP contribution < -0.4 is 0 Å². The standard InChI is InChI=1S/C33H47N5O4/c1-3-11-29(12-4-1)25-36-16-9-18-39-21-23-41-24-22-40-19-10-17-37(26-30-13-5-2-6-14-30)28-32-34-31(27-36)35-38(32)33-15-7-8-20-42-33/h1-6,11-14,33H,7-10,15-28H2. The zero-order valence-corrected chi connectivity index (χ0v) is 24.9. The van der Waals surface area contributed by atoms with Gasteiger partial charge in [-0.25, -0.2) is 9.67 Å². The molecule has 1 atom stereocenters. The summed E-state index contributed by atoms with van der Waals surface area (Å²) in [7, 11) is 0. The second-order valence-corrected chi connectivity index (χ2v) is 11.1. The Morgan fingerprint density at radius 2 is 1.19 bits per heavy atom. The van der Waals surface area contributed by atoms with Crippen LogP contribution >= 0.6 is 0 Å². The molecule has 0 aliphatic carbocycles. The highest BCUT2D eigenvalue weighted by molar-refractivity contribution is 5.15. The Balaban J connectivity index is 1.38. The van der Waals surface area contributed by atoms with Crippen LogP contribution in [0.2, 0.25) is 0 Å². The van der Waals surface area contributed by atoms with Crippen molar-refractivity contribution in [3.05, 3.63) is 83.4 Å². The van der Waals surface area contributed by atoms with E-state index in [0.29, 0.717) is 52.7 Å². The number of hydrogen-bond donors (Lipinski definition) is 0. The Morgan fingerprint density at radius 3 is 1.76 bits per heavy atom. The summed E-state index contributed by atoms with van der Waals surface area (Å²) in [6, 6.07) is 21.3. The third-order valence-corrected chi connectivity index (χ3v) is 7.67. The van der Waals surface area contributed by atoms with Gasteiger partial charge in [-0.2, -0.15) is 5.10 Å². The van der Waals surface area contributed by atoms with Crippen LogP contribution in [0.1, 0.15) is 61.1 Å². The van der Waals surface area contributed by atoms with Gasteiger partial charge in [-0.15, -0.1) is 0 Å². The molecular formula is C33H47N5O4. The van der Waals surface area contributed by atoms with Crippen molar-refractivity contribution >= 4 is 0 Å². The van der Waals surface area contributed by atoms with Gasteiger partial charge in [0.1, 0.15) is 5.82 Å². The monoisotopic (exact) mass is 577 g/mol. The van der Waals surface area contributed by atoms with Crippen LogP contribution in [0.25, 0.3) is 0 Å². The van der Waals surface area contributed by atoms with Gasteiger partial charge in [0.2, 0.25) is 0 Å². The molecule has 1 unspecified atom stereocenters. The summed E-state index contributed by atoms with van der Waals surface area (Å²) in [5.74, 6) is 1.82. The van der Waals surface area contributed by atoms with Gasteiger partial charge in [0.05, 0.1) is 39.5 Å². The van der Waals surface area contributed by atoms with Gasteiger partial charge < -0.3 is 18.9 Å². The molecule has 0 N–H and O–H groups in total. The maximum atomic E-state index is 6.22. The van der Waals surface area contributed by atoms with Crippen molar-refractivity contribution < 1.29 is 18.9 Å². The third kappa shape index (κ3) is 10.3. The van der Waals surface area contributed by atoms with Crippen molar-refractivity contribution in [2.75, 3.05) is 59.3 Å². The molecule has 0 saturated carbocycles. The zero-order valence-electron chi connectivity index (χ0n) is 24.9. The van der Waals surface area contributed by atoms with Gasteiger partial charge in [-0.05, 0) is 43.2 Å². The van der Waals surface area contributed by atoms with Crippen LogP contribution in [0.4, 0.5) is 0 Å². The van der Waals surface area contributed by atoms with Crippen LogP contribution in [0.3, 0.4) is 0 Å². The maximum absolute atomic E-state index is 6.22. The first-order valence-electron chi connectivity index (χ1n) is 15.7. The third-order valence-electron chi connectivity index (χ3n) is 7.67. The lowest BCUT2D eigenvalue weighted by Crippen LogP contribution is -2.29. The van der Waals surface area contributed by atoms with Gasteiger partial charge in [-0.3, -0.25) is 9.80 Å². The fraction of sp³-hybridized carbons (Fsp3) is 0.576. The lowest BCUT2D eigenvalue weighted by Gasteiger charge is -2.26. The molecule has 0 spiro atoms. The largest absolute Gasteiger partial charge is 0.379 e. The molecule has 9 nitrogen and oxygen atoms in total. The Kier molecular flexibility index (Phi) is 12.8. The van der Waals surface area contributed by atoms with E-state index in [1.807, 2.05) is 0 Å². The van der Waals surface area contributed by atoms with Crippen LogP contribution in [-0.2, 0) is 45.1 Å². The Labute approximate surface area is 250 Å². The molecule has 1 aromatic heterocycles. The average Bonchev–Trinajstić information content (AvgIpc) is 3.42. The van der Waals surface area contributed by atoms with E-state index in [1.165, 1.54) is 11.1 Å². The van der Waals surface area contributed by atoms with E-state index < -0.39 is 0 Å². The molecule has 0 radical (unpaired) electrons. The second kappa shape index (κ2) is 17.5. The summed E-state index contributed by atoms with van der Waals surface area (Å²) in [5, 5.41) is 5.09. The summed E-state index contributed by atoms with van der Waals surface area (Å²) >= 11 is 0. The van der Waals surface area contributed by atoms with Gasteiger partial charge in [-0.1, -0.05) is 60.7 Å². The topological polar surface area (TPSA) is 74.1 Å². The molecule has 3 aromatic rings. The van der Waals surface area contributed by atoms with E-state index in [9.17, 15) is 0 Å². The Bertz CT molecular complexity index is 1140. The van der Waals surface area contributed by atoms with Crippen molar-refractivity contribution in [2.45, 2.75) is 64.5 Å². The molecule has 1 saturated heterocycles. The highest BCUT2D eigenvalue weighted by atomic mass is 16.5. The van der Waals surface area contributed by atoms with Crippen LogP contribution in [0.5, 0.6) is 0 Å². The van der Waals surface area contributed by atoms with E-state index >= 15 is 0 Å². The molecule has 9 heteroatoms. The number of rotatable bonds is 5. The summed E-state index contributed by atoms with van der Waals surface area (Å²) in [5.41, 5.74) is 2.57. The summed E-state index contributed by atoms with van der Waals surface area (Å²) in [6.45, 7) is 9.42. The molecule has 228 valence electrons. The van der Waals surface area contributed by atoms with E-state index in [4.69, 9.17) is 29.0 Å². The number of hydrogen-bond acceptors (Lipinski definition) is 8. The normalized spacial score (nSPS) is 21.6. The number of ether oxygens (including phenoxy) is 4. The first-order valence-corrected chi connectivity index (χ1v) is 15.7. The number of fused-ring (bicyclic) bond motifs is 2. The highest BCUT2D eigenvalue weighted by Gasteiger charge is 2.24. The van der Waals surface area contributed by atoms with Crippen LogP contribution in [-0.4, -0.2) is 83.9 Å². The summed E-state index contributed by atoms with van der Waals surface area (Å²) in [6.07, 6.45) is 5.02.